The molecule has 1 aromatic rings. The summed E-state index contributed by atoms with van der Waals surface area (Å²) in [7, 11) is 1.80. The summed E-state index contributed by atoms with van der Waals surface area (Å²) in [6.07, 6.45) is 2.53. The quantitative estimate of drug-likeness (QED) is 0.777. The lowest BCUT2D eigenvalue weighted by molar-refractivity contribution is -0.138. The van der Waals surface area contributed by atoms with Crippen LogP contribution < -0.4 is 5.32 Å². The topological polar surface area (TPSA) is 72.9 Å². The van der Waals surface area contributed by atoms with Gasteiger partial charge in [0, 0.05) is 24.3 Å². The zero-order chi connectivity index (χ0) is 18.4. The summed E-state index contributed by atoms with van der Waals surface area (Å²) in [4.78, 5) is 26.7. The molecule has 6 nitrogen and oxygen atoms in total. The van der Waals surface area contributed by atoms with Gasteiger partial charge in [0.25, 0.3) is 0 Å². The number of nitrogens with zero attached hydrogens (tertiary/aromatic N) is 2. The first-order chi connectivity index (χ1) is 11.8. The molecule has 0 aliphatic carbocycles. The van der Waals surface area contributed by atoms with Gasteiger partial charge in [-0.3, -0.25) is 19.4 Å². The molecule has 9 heteroatoms. The van der Waals surface area contributed by atoms with Gasteiger partial charge >= 0.3 is 5.97 Å². The van der Waals surface area contributed by atoms with Gasteiger partial charge in [-0.05, 0) is 45.0 Å². The number of likely N-dealkylation sites (tertiary alicyclic amines) is 1. The highest BCUT2D eigenvalue weighted by Crippen LogP contribution is 2.16. The molecule has 0 bridgehead atoms. The van der Waals surface area contributed by atoms with E-state index in [1.54, 1.807) is 7.05 Å². The average molecular weight is 392 g/mol. The minimum absolute atomic E-state index is 0. The van der Waals surface area contributed by atoms with E-state index in [9.17, 15) is 18.4 Å². The highest BCUT2D eigenvalue weighted by atomic mass is 35.5. The van der Waals surface area contributed by atoms with E-state index in [0.29, 0.717) is 6.54 Å². The Labute approximate surface area is 157 Å². The fourth-order valence-corrected chi connectivity index (χ4v) is 3.06. The van der Waals surface area contributed by atoms with Crippen LogP contribution >= 0.6 is 12.4 Å². The molecular weight excluding hydrogens is 368 g/mol. The van der Waals surface area contributed by atoms with Gasteiger partial charge in [-0.2, -0.15) is 0 Å². The van der Waals surface area contributed by atoms with Crippen molar-refractivity contribution in [2.24, 2.45) is 0 Å². The first kappa shape index (κ1) is 22.3. The first-order valence-corrected chi connectivity index (χ1v) is 8.24. The molecule has 0 radical (unpaired) electrons. The molecule has 2 N–H and O–H groups in total. The number of carbonyl (C=O) groups is 2. The normalized spacial score (nSPS) is 18.1. The molecule has 1 unspecified atom stereocenters. The van der Waals surface area contributed by atoms with Crippen LogP contribution in [-0.2, 0) is 9.59 Å². The molecule has 1 atom stereocenters. The fourth-order valence-electron chi connectivity index (χ4n) is 3.06. The summed E-state index contributed by atoms with van der Waals surface area (Å²) in [5.74, 6) is -3.10. The summed E-state index contributed by atoms with van der Waals surface area (Å²) < 4.78 is 26.1. The molecule has 1 amide bonds. The zero-order valence-corrected chi connectivity index (χ0v) is 15.4. The van der Waals surface area contributed by atoms with Crippen LogP contribution in [0.1, 0.15) is 19.3 Å². The molecule has 1 aromatic carbocycles. The molecule has 2 rings (SSSR count). The van der Waals surface area contributed by atoms with Gasteiger partial charge in [0.15, 0.2) is 11.6 Å². The van der Waals surface area contributed by atoms with Crippen molar-refractivity contribution in [1.82, 2.24) is 9.80 Å². The Morgan fingerprint density at radius 2 is 2.00 bits per heavy atom. The summed E-state index contributed by atoms with van der Waals surface area (Å²) in [5, 5.41) is 11.4. The van der Waals surface area contributed by atoms with Crippen molar-refractivity contribution in [3.8, 4) is 0 Å². The van der Waals surface area contributed by atoms with E-state index in [2.05, 4.69) is 5.32 Å². The number of rotatable bonds is 6. The van der Waals surface area contributed by atoms with Crippen LogP contribution in [-0.4, -0.2) is 66.1 Å². The van der Waals surface area contributed by atoms with Crippen LogP contribution in [0.5, 0.6) is 0 Å². The highest BCUT2D eigenvalue weighted by molar-refractivity contribution is 5.92. The fraction of sp³-hybridized carbons (Fsp3) is 0.529. The van der Waals surface area contributed by atoms with Crippen LogP contribution in [0.3, 0.4) is 0 Å². The van der Waals surface area contributed by atoms with Crippen LogP contribution in [0.4, 0.5) is 14.5 Å². The largest absolute Gasteiger partial charge is 0.480 e. The molecular formula is C17H24ClF2N3O3. The summed E-state index contributed by atoms with van der Waals surface area (Å²) in [5.41, 5.74) is 0.220. The molecule has 1 saturated heterocycles. The van der Waals surface area contributed by atoms with E-state index in [0.717, 1.165) is 37.9 Å². The number of carbonyl (C=O) groups excluding carboxylic acids is 1. The number of benzene rings is 1. The second-order valence-corrected chi connectivity index (χ2v) is 6.35. The van der Waals surface area contributed by atoms with Crippen molar-refractivity contribution >= 4 is 30.0 Å². The number of aliphatic carboxylic acids is 1. The van der Waals surface area contributed by atoms with Gasteiger partial charge in [0.05, 0.1) is 13.1 Å². The predicted molar refractivity (Wildman–Crippen MR) is 96.6 cm³/mol. The van der Waals surface area contributed by atoms with Crippen LogP contribution in [0.2, 0.25) is 0 Å². The van der Waals surface area contributed by atoms with Crippen LogP contribution in [0.15, 0.2) is 18.2 Å². The second kappa shape index (κ2) is 10.4. The molecule has 1 fully saturated rings. The number of likely N-dealkylation sites (N-methyl/N-ethyl adjacent to an activating group) is 1. The Bertz CT molecular complexity index is 633. The van der Waals surface area contributed by atoms with Crippen molar-refractivity contribution in [2.45, 2.75) is 25.3 Å². The Balaban J connectivity index is 0.00000338. The van der Waals surface area contributed by atoms with E-state index >= 15 is 0 Å². The Kier molecular flexibility index (Phi) is 8.91. The lowest BCUT2D eigenvalue weighted by atomic mass is 10.1. The first-order valence-electron chi connectivity index (χ1n) is 8.24. The van der Waals surface area contributed by atoms with Gasteiger partial charge < -0.3 is 10.4 Å². The number of carboxylic acids is 1. The summed E-state index contributed by atoms with van der Waals surface area (Å²) in [6, 6.07) is 3.41. The maximum absolute atomic E-state index is 13.2. The minimum Gasteiger partial charge on any atom is -0.480 e. The van der Waals surface area contributed by atoms with Gasteiger partial charge in [-0.1, -0.05) is 0 Å². The van der Waals surface area contributed by atoms with Crippen LogP contribution in [0, 0.1) is 11.6 Å². The van der Waals surface area contributed by atoms with Crippen molar-refractivity contribution < 1.29 is 23.5 Å². The van der Waals surface area contributed by atoms with E-state index < -0.39 is 17.6 Å². The van der Waals surface area contributed by atoms with Crippen molar-refractivity contribution in [1.29, 1.82) is 0 Å². The van der Waals surface area contributed by atoms with Crippen LogP contribution in [0.25, 0.3) is 0 Å². The van der Waals surface area contributed by atoms with E-state index in [-0.39, 0.29) is 43.1 Å². The average Bonchev–Trinajstić information content (AvgIpc) is 2.76. The van der Waals surface area contributed by atoms with Crippen molar-refractivity contribution in [2.75, 3.05) is 38.5 Å². The second-order valence-electron chi connectivity index (χ2n) is 6.35. The maximum atomic E-state index is 13.2. The number of nitrogens with one attached hydrogen (secondary N) is 1. The summed E-state index contributed by atoms with van der Waals surface area (Å²) >= 11 is 0. The number of anilines is 1. The van der Waals surface area contributed by atoms with E-state index in [1.807, 2.05) is 9.80 Å². The number of hydrogen-bond donors (Lipinski definition) is 2. The molecule has 1 heterocycles. The molecule has 146 valence electrons. The Morgan fingerprint density at radius 3 is 2.65 bits per heavy atom. The SMILES string of the molecule is CN(CC(=O)O)C1CCCN(CC(=O)Nc2ccc(F)c(F)c2)CC1.Cl. The standard InChI is InChI=1S/C17H23F2N3O3.ClH/c1-21(11-17(24)25)13-3-2-7-22(8-6-13)10-16(23)20-12-4-5-14(18)15(19)9-12;/h4-5,9,13H,2-3,6-8,10-11H2,1H3,(H,20,23)(H,24,25);1H. The lowest BCUT2D eigenvalue weighted by Gasteiger charge is -2.25. The van der Waals surface area contributed by atoms with Gasteiger partial charge in [-0.25, -0.2) is 8.78 Å². The third-order valence-corrected chi connectivity index (χ3v) is 4.37. The molecule has 26 heavy (non-hydrogen) atoms. The lowest BCUT2D eigenvalue weighted by Crippen LogP contribution is -2.37. The molecule has 0 spiro atoms. The van der Waals surface area contributed by atoms with E-state index in [1.165, 1.54) is 6.07 Å². The highest BCUT2D eigenvalue weighted by Gasteiger charge is 2.22. The number of carboxylic acid groups (broad SMARTS) is 1. The number of hydrogen-bond acceptors (Lipinski definition) is 4. The Morgan fingerprint density at radius 1 is 1.27 bits per heavy atom. The zero-order valence-electron chi connectivity index (χ0n) is 14.6. The Hall–Kier alpha value is -1.77. The smallest absolute Gasteiger partial charge is 0.317 e. The molecule has 1 aliphatic heterocycles. The van der Waals surface area contributed by atoms with E-state index in [4.69, 9.17) is 5.11 Å². The van der Waals surface area contributed by atoms with Crippen molar-refractivity contribution in [3.05, 3.63) is 29.8 Å². The third kappa shape index (κ3) is 6.86. The minimum atomic E-state index is -1.00. The number of halogens is 3. The molecule has 0 aromatic heterocycles. The monoisotopic (exact) mass is 391 g/mol. The molecule has 1 aliphatic rings. The molecule has 0 saturated carbocycles. The van der Waals surface area contributed by atoms with Crippen molar-refractivity contribution in [3.63, 3.8) is 0 Å². The maximum Gasteiger partial charge on any atom is 0.317 e. The third-order valence-electron chi connectivity index (χ3n) is 4.37. The van der Waals surface area contributed by atoms with Gasteiger partial charge in [-0.15, -0.1) is 12.4 Å². The predicted octanol–water partition coefficient (Wildman–Crippen LogP) is 2.20. The number of amides is 1. The summed E-state index contributed by atoms with van der Waals surface area (Å²) in [6.45, 7) is 1.58. The van der Waals surface area contributed by atoms with Gasteiger partial charge in [0.2, 0.25) is 5.91 Å². The van der Waals surface area contributed by atoms with Gasteiger partial charge in [0.1, 0.15) is 0 Å².